The van der Waals surface area contributed by atoms with Gasteiger partial charge in [-0.3, -0.25) is 9.48 Å². The molecule has 0 fully saturated rings. The fourth-order valence-corrected chi connectivity index (χ4v) is 2.15. The van der Waals surface area contributed by atoms with E-state index in [1.165, 1.54) is 0 Å². The number of anilines is 1. The van der Waals surface area contributed by atoms with Crippen molar-refractivity contribution >= 4 is 11.6 Å². The van der Waals surface area contributed by atoms with E-state index in [0.29, 0.717) is 6.54 Å². The van der Waals surface area contributed by atoms with E-state index in [9.17, 15) is 4.79 Å². The third-order valence-corrected chi connectivity index (χ3v) is 3.34. The van der Waals surface area contributed by atoms with Gasteiger partial charge in [0.15, 0.2) is 0 Å². The van der Waals surface area contributed by atoms with Crippen LogP contribution in [0.5, 0.6) is 0 Å². The molecule has 0 radical (unpaired) electrons. The van der Waals surface area contributed by atoms with Gasteiger partial charge in [-0.2, -0.15) is 5.10 Å². The van der Waals surface area contributed by atoms with Crippen molar-refractivity contribution in [3.63, 3.8) is 0 Å². The number of amides is 1. The summed E-state index contributed by atoms with van der Waals surface area (Å²) in [6.07, 6.45) is 3.65. The van der Waals surface area contributed by atoms with Gasteiger partial charge in [0, 0.05) is 18.1 Å². The van der Waals surface area contributed by atoms with E-state index in [1.807, 2.05) is 62.0 Å². The number of nitrogens with zero attached hydrogens (tertiary/aromatic N) is 2. The van der Waals surface area contributed by atoms with Gasteiger partial charge in [0.25, 0.3) is 0 Å². The Morgan fingerprint density at radius 2 is 2.05 bits per heavy atom. The summed E-state index contributed by atoms with van der Waals surface area (Å²) in [6.45, 7) is 7.12. The van der Waals surface area contributed by atoms with Crippen LogP contribution in [0.2, 0.25) is 0 Å². The predicted molar refractivity (Wildman–Crippen MR) is 84.2 cm³/mol. The second-order valence-corrected chi connectivity index (χ2v) is 5.47. The number of rotatable bonds is 6. The highest BCUT2D eigenvalue weighted by Crippen LogP contribution is 2.18. The molecule has 5 nitrogen and oxygen atoms in total. The number of nitrogens with one attached hydrogen (secondary N) is 2. The number of hydrogen-bond acceptors (Lipinski definition) is 3. The van der Waals surface area contributed by atoms with E-state index in [-0.39, 0.29) is 5.91 Å². The number of carbonyl (C=O) groups excluding carboxylic acids is 1. The van der Waals surface area contributed by atoms with Gasteiger partial charge in [-0.1, -0.05) is 25.1 Å². The SMILES string of the molecule is CCNC(C)(C)C(=O)Nc1ccccc1Cn1cccn1. The fraction of sp³-hybridized carbons (Fsp3) is 0.375. The van der Waals surface area contributed by atoms with Crippen molar-refractivity contribution in [2.45, 2.75) is 32.9 Å². The molecule has 1 amide bonds. The van der Waals surface area contributed by atoms with Crippen molar-refractivity contribution in [1.29, 1.82) is 0 Å². The summed E-state index contributed by atoms with van der Waals surface area (Å²) < 4.78 is 1.83. The van der Waals surface area contributed by atoms with Crippen LogP contribution in [0, 0.1) is 0 Å². The highest BCUT2D eigenvalue weighted by atomic mass is 16.2. The number of carbonyl (C=O) groups is 1. The molecule has 112 valence electrons. The van der Waals surface area contributed by atoms with Crippen molar-refractivity contribution in [3.8, 4) is 0 Å². The topological polar surface area (TPSA) is 59.0 Å². The standard InChI is InChI=1S/C16H22N4O/c1-4-17-16(2,3)15(21)19-14-9-6-5-8-13(14)12-20-11-7-10-18-20/h5-11,17H,4,12H2,1-3H3,(H,19,21). The molecule has 0 aliphatic heterocycles. The van der Waals surface area contributed by atoms with Gasteiger partial charge in [0.1, 0.15) is 0 Å². The summed E-state index contributed by atoms with van der Waals surface area (Å²) in [5.74, 6) is -0.0442. The van der Waals surface area contributed by atoms with E-state index >= 15 is 0 Å². The van der Waals surface area contributed by atoms with Crippen LogP contribution in [-0.2, 0) is 11.3 Å². The summed E-state index contributed by atoms with van der Waals surface area (Å²) in [7, 11) is 0. The Morgan fingerprint density at radius 1 is 1.29 bits per heavy atom. The number of likely N-dealkylation sites (N-methyl/N-ethyl adjacent to an activating group) is 1. The molecule has 0 bridgehead atoms. The first-order valence-electron chi connectivity index (χ1n) is 7.14. The van der Waals surface area contributed by atoms with Gasteiger partial charge < -0.3 is 10.6 Å². The molecule has 0 unspecified atom stereocenters. The molecule has 0 saturated carbocycles. The molecule has 0 aliphatic rings. The van der Waals surface area contributed by atoms with E-state index in [4.69, 9.17) is 0 Å². The Bertz CT molecular complexity index is 590. The number of benzene rings is 1. The molecule has 0 saturated heterocycles. The van der Waals surface area contributed by atoms with Crippen LogP contribution in [0.25, 0.3) is 0 Å². The van der Waals surface area contributed by atoms with E-state index in [0.717, 1.165) is 17.8 Å². The Balaban J connectivity index is 2.15. The van der Waals surface area contributed by atoms with Gasteiger partial charge in [-0.15, -0.1) is 0 Å². The number of aromatic nitrogens is 2. The summed E-state index contributed by atoms with van der Waals surface area (Å²) in [5.41, 5.74) is 1.25. The first kappa shape index (κ1) is 15.3. The lowest BCUT2D eigenvalue weighted by Gasteiger charge is -2.25. The molecule has 1 aromatic carbocycles. The summed E-state index contributed by atoms with van der Waals surface area (Å²) >= 11 is 0. The van der Waals surface area contributed by atoms with E-state index in [2.05, 4.69) is 15.7 Å². The van der Waals surface area contributed by atoms with Crippen LogP contribution in [0.4, 0.5) is 5.69 Å². The van der Waals surface area contributed by atoms with E-state index < -0.39 is 5.54 Å². The predicted octanol–water partition coefficient (Wildman–Crippen LogP) is 2.26. The minimum Gasteiger partial charge on any atom is -0.324 e. The molecule has 2 rings (SSSR count). The Hall–Kier alpha value is -2.14. The highest BCUT2D eigenvalue weighted by Gasteiger charge is 2.26. The van der Waals surface area contributed by atoms with Crippen LogP contribution in [0.15, 0.2) is 42.7 Å². The average Bonchev–Trinajstić information content (AvgIpc) is 2.94. The van der Waals surface area contributed by atoms with Gasteiger partial charge in [-0.05, 0) is 38.1 Å². The smallest absolute Gasteiger partial charge is 0.244 e. The van der Waals surface area contributed by atoms with Crippen LogP contribution < -0.4 is 10.6 Å². The zero-order valence-electron chi connectivity index (χ0n) is 12.8. The van der Waals surface area contributed by atoms with Crippen molar-refractivity contribution in [2.75, 3.05) is 11.9 Å². The first-order valence-corrected chi connectivity index (χ1v) is 7.14. The number of para-hydroxylation sites is 1. The lowest BCUT2D eigenvalue weighted by molar-refractivity contribution is -0.121. The molecule has 21 heavy (non-hydrogen) atoms. The molecular weight excluding hydrogens is 264 g/mol. The van der Waals surface area contributed by atoms with Crippen LogP contribution in [0.3, 0.4) is 0 Å². The van der Waals surface area contributed by atoms with Crippen LogP contribution in [-0.4, -0.2) is 27.8 Å². The first-order chi connectivity index (χ1) is 10.0. The van der Waals surface area contributed by atoms with Gasteiger partial charge >= 0.3 is 0 Å². The van der Waals surface area contributed by atoms with Crippen LogP contribution >= 0.6 is 0 Å². The van der Waals surface area contributed by atoms with Gasteiger partial charge in [-0.25, -0.2) is 0 Å². The minimum absolute atomic E-state index is 0.0442. The Labute approximate surface area is 125 Å². The molecule has 2 N–H and O–H groups in total. The molecule has 2 aromatic rings. The summed E-state index contributed by atoms with van der Waals surface area (Å²) in [4.78, 5) is 12.4. The zero-order valence-corrected chi connectivity index (χ0v) is 12.8. The van der Waals surface area contributed by atoms with Crippen molar-refractivity contribution in [1.82, 2.24) is 15.1 Å². The maximum atomic E-state index is 12.4. The highest BCUT2D eigenvalue weighted by molar-refractivity contribution is 5.98. The van der Waals surface area contributed by atoms with Gasteiger partial charge in [0.05, 0.1) is 12.1 Å². The monoisotopic (exact) mass is 286 g/mol. The zero-order chi connectivity index (χ0) is 15.3. The van der Waals surface area contributed by atoms with Crippen LogP contribution in [0.1, 0.15) is 26.3 Å². The van der Waals surface area contributed by atoms with Crippen molar-refractivity contribution < 1.29 is 4.79 Å². The maximum absolute atomic E-state index is 12.4. The Kier molecular flexibility index (Phi) is 4.75. The second kappa shape index (κ2) is 6.54. The second-order valence-electron chi connectivity index (χ2n) is 5.47. The van der Waals surface area contributed by atoms with E-state index in [1.54, 1.807) is 6.20 Å². The molecule has 0 spiro atoms. The maximum Gasteiger partial charge on any atom is 0.244 e. The Morgan fingerprint density at radius 3 is 2.71 bits per heavy atom. The molecule has 0 aliphatic carbocycles. The molecule has 1 aromatic heterocycles. The summed E-state index contributed by atoms with van der Waals surface area (Å²) in [5, 5.41) is 10.4. The third kappa shape index (κ3) is 3.92. The third-order valence-electron chi connectivity index (χ3n) is 3.34. The lowest BCUT2D eigenvalue weighted by atomic mass is 10.0. The molecule has 1 heterocycles. The molecule has 0 atom stereocenters. The summed E-state index contributed by atoms with van der Waals surface area (Å²) in [6, 6.07) is 9.68. The van der Waals surface area contributed by atoms with Crippen molar-refractivity contribution in [3.05, 3.63) is 48.3 Å². The quantitative estimate of drug-likeness (QED) is 0.856. The lowest BCUT2D eigenvalue weighted by Crippen LogP contribution is -2.49. The molecular formula is C16H22N4O. The van der Waals surface area contributed by atoms with Crippen molar-refractivity contribution in [2.24, 2.45) is 0 Å². The fourth-order valence-electron chi connectivity index (χ4n) is 2.15. The minimum atomic E-state index is -0.604. The van der Waals surface area contributed by atoms with Gasteiger partial charge in [0.2, 0.25) is 5.91 Å². The average molecular weight is 286 g/mol. The normalized spacial score (nSPS) is 11.4. The largest absolute Gasteiger partial charge is 0.324 e. The molecule has 5 heteroatoms. The number of hydrogen-bond donors (Lipinski definition) is 2.